The number of carbonyl (C=O) groups is 1. The molecule has 9 heteroatoms. The molecule has 0 radical (unpaired) electrons. The van der Waals surface area contributed by atoms with Gasteiger partial charge < -0.3 is 9.84 Å². The number of aromatic nitrogens is 5. The molecule has 1 N–H and O–H groups in total. The van der Waals surface area contributed by atoms with Crippen LogP contribution in [-0.2, 0) is 42.6 Å². The lowest BCUT2D eigenvalue weighted by molar-refractivity contribution is -0.136. The van der Waals surface area contributed by atoms with Crippen LogP contribution in [0.1, 0.15) is 69.2 Å². The first kappa shape index (κ1) is 29.7. The smallest absolute Gasteiger partial charge is 0.346 e. The normalized spacial score (nSPS) is 11.5. The zero-order valence-corrected chi connectivity index (χ0v) is 24.6. The van der Waals surface area contributed by atoms with Gasteiger partial charge in [0.05, 0.1) is 25.3 Å². The van der Waals surface area contributed by atoms with Crippen LogP contribution in [0.15, 0.2) is 59.7 Å². The van der Waals surface area contributed by atoms with Gasteiger partial charge in [0.2, 0.25) is 0 Å². The van der Waals surface area contributed by atoms with E-state index in [2.05, 4.69) is 60.1 Å². The maximum Gasteiger partial charge on any atom is 0.346 e. The van der Waals surface area contributed by atoms with Crippen molar-refractivity contribution < 1.29 is 14.6 Å². The molecular weight excluding hydrogens is 518 g/mol. The molecule has 2 heterocycles. The maximum absolute atomic E-state index is 13.0. The van der Waals surface area contributed by atoms with Gasteiger partial charge in [0.25, 0.3) is 0 Å². The SMILES string of the molecule is CCOc1ccc(-c2cc(CCCc3nn(Cc4ccc(C(C)(C)C)cc4)c(=O)n3CC)ncn2)cc1CC(=O)O. The van der Waals surface area contributed by atoms with Crippen molar-refractivity contribution in [2.75, 3.05) is 6.61 Å². The second kappa shape index (κ2) is 12.9. The molecule has 2 aromatic carbocycles. The molecule has 0 amide bonds. The van der Waals surface area contributed by atoms with E-state index in [0.717, 1.165) is 34.8 Å². The van der Waals surface area contributed by atoms with Crippen LogP contribution in [0.5, 0.6) is 5.75 Å². The Kier molecular flexibility index (Phi) is 9.37. The fourth-order valence-corrected chi connectivity index (χ4v) is 4.83. The van der Waals surface area contributed by atoms with Gasteiger partial charge in [-0.25, -0.2) is 19.4 Å². The Balaban J connectivity index is 1.45. The van der Waals surface area contributed by atoms with Crippen molar-refractivity contribution in [2.45, 2.75) is 78.8 Å². The monoisotopic (exact) mass is 557 g/mol. The lowest BCUT2D eigenvalue weighted by Gasteiger charge is -2.19. The number of carboxylic acid groups (broad SMARTS) is 1. The first-order chi connectivity index (χ1) is 19.6. The van der Waals surface area contributed by atoms with Gasteiger partial charge in [-0.2, -0.15) is 5.10 Å². The first-order valence-electron chi connectivity index (χ1n) is 14.1. The van der Waals surface area contributed by atoms with Gasteiger partial charge in [-0.15, -0.1) is 0 Å². The maximum atomic E-state index is 13.0. The van der Waals surface area contributed by atoms with Gasteiger partial charge in [0, 0.05) is 29.8 Å². The molecular formula is C32H39N5O4. The highest BCUT2D eigenvalue weighted by atomic mass is 16.5. The predicted molar refractivity (Wildman–Crippen MR) is 158 cm³/mol. The molecule has 0 unspecified atom stereocenters. The summed E-state index contributed by atoms with van der Waals surface area (Å²) < 4.78 is 8.88. The second-order valence-electron chi connectivity index (χ2n) is 11.1. The van der Waals surface area contributed by atoms with Gasteiger partial charge in [-0.05, 0) is 67.5 Å². The molecule has 4 rings (SSSR count). The van der Waals surface area contributed by atoms with Crippen LogP contribution in [0.4, 0.5) is 0 Å². The van der Waals surface area contributed by atoms with E-state index in [0.29, 0.717) is 43.9 Å². The van der Waals surface area contributed by atoms with Crippen LogP contribution in [0.25, 0.3) is 11.3 Å². The van der Waals surface area contributed by atoms with Crippen LogP contribution >= 0.6 is 0 Å². The predicted octanol–water partition coefficient (Wildman–Crippen LogP) is 5.07. The van der Waals surface area contributed by atoms with Crippen LogP contribution in [0.3, 0.4) is 0 Å². The average molecular weight is 558 g/mol. The number of rotatable bonds is 12. The minimum atomic E-state index is -0.919. The number of benzene rings is 2. The quantitative estimate of drug-likeness (QED) is 0.259. The fourth-order valence-electron chi connectivity index (χ4n) is 4.83. The number of hydrogen-bond donors (Lipinski definition) is 1. The summed E-state index contributed by atoms with van der Waals surface area (Å²) in [6.45, 7) is 11.8. The number of carboxylic acids is 1. The van der Waals surface area contributed by atoms with Crippen LogP contribution in [-0.4, -0.2) is 42.0 Å². The lowest BCUT2D eigenvalue weighted by Crippen LogP contribution is -2.25. The summed E-state index contributed by atoms with van der Waals surface area (Å²) >= 11 is 0. The molecule has 0 saturated heterocycles. The summed E-state index contributed by atoms with van der Waals surface area (Å²) in [5, 5.41) is 14.0. The zero-order chi connectivity index (χ0) is 29.6. The molecule has 2 aromatic heterocycles. The van der Waals surface area contributed by atoms with E-state index in [9.17, 15) is 14.7 Å². The van der Waals surface area contributed by atoms with Gasteiger partial charge in [-0.1, -0.05) is 45.0 Å². The van der Waals surface area contributed by atoms with Crippen LogP contribution in [0, 0.1) is 0 Å². The highest BCUT2D eigenvalue weighted by Crippen LogP contribution is 2.27. The van der Waals surface area contributed by atoms with Gasteiger partial charge in [0.15, 0.2) is 0 Å². The van der Waals surface area contributed by atoms with Crippen molar-refractivity contribution in [2.24, 2.45) is 0 Å². The Bertz CT molecular complexity index is 1550. The number of hydrogen-bond acceptors (Lipinski definition) is 6. The number of aliphatic carboxylic acids is 1. The van der Waals surface area contributed by atoms with E-state index in [1.54, 1.807) is 15.3 Å². The summed E-state index contributed by atoms with van der Waals surface area (Å²) in [4.78, 5) is 33.2. The highest BCUT2D eigenvalue weighted by Gasteiger charge is 2.16. The van der Waals surface area contributed by atoms with E-state index < -0.39 is 5.97 Å². The Hall–Kier alpha value is -4.27. The minimum absolute atomic E-state index is 0.0777. The summed E-state index contributed by atoms with van der Waals surface area (Å²) in [5.74, 6) is 0.414. The van der Waals surface area contributed by atoms with Gasteiger partial charge in [-0.3, -0.25) is 9.36 Å². The van der Waals surface area contributed by atoms with E-state index >= 15 is 0 Å². The van der Waals surface area contributed by atoms with Crippen LogP contribution in [0.2, 0.25) is 0 Å². The van der Waals surface area contributed by atoms with Gasteiger partial charge in [0.1, 0.15) is 17.9 Å². The number of nitrogens with zero attached hydrogens (tertiary/aromatic N) is 5. The van der Waals surface area contributed by atoms with E-state index in [1.165, 1.54) is 11.9 Å². The Morgan fingerprint density at radius 1 is 1.00 bits per heavy atom. The number of ether oxygens (including phenoxy) is 1. The lowest BCUT2D eigenvalue weighted by atomic mass is 9.87. The van der Waals surface area contributed by atoms with E-state index in [4.69, 9.17) is 4.74 Å². The molecule has 0 aliphatic carbocycles. The van der Waals surface area contributed by atoms with Crippen molar-refractivity contribution in [3.05, 3.63) is 93.6 Å². The van der Waals surface area contributed by atoms with E-state index in [-0.39, 0.29) is 17.5 Å². The molecule has 4 aromatic rings. The molecule has 0 bridgehead atoms. The summed E-state index contributed by atoms with van der Waals surface area (Å²) in [6.07, 6.45) is 3.49. The third-order valence-electron chi connectivity index (χ3n) is 7.02. The fraction of sp³-hybridized carbons (Fsp3) is 0.406. The van der Waals surface area contributed by atoms with E-state index in [1.807, 2.05) is 32.0 Å². The molecule has 0 saturated carbocycles. The highest BCUT2D eigenvalue weighted by molar-refractivity contribution is 5.73. The van der Waals surface area contributed by atoms with Gasteiger partial charge >= 0.3 is 11.7 Å². The summed E-state index contributed by atoms with van der Waals surface area (Å²) in [7, 11) is 0. The molecule has 41 heavy (non-hydrogen) atoms. The van der Waals surface area contributed by atoms with Crippen molar-refractivity contribution >= 4 is 5.97 Å². The topological polar surface area (TPSA) is 112 Å². The molecule has 0 aliphatic heterocycles. The Labute approximate surface area is 240 Å². The number of aryl methyl sites for hydroxylation is 2. The molecule has 0 fully saturated rings. The van der Waals surface area contributed by atoms with Crippen molar-refractivity contribution in [1.82, 2.24) is 24.3 Å². The molecule has 0 atom stereocenters. The third-order valence-corrected chi connectivity index (χ3v) is 7.02. The molecule has 9 nitrogen and oxygen atoms in total. The van der Waals surface area contributed by atoms with Crippen molar-refractivity contribution in [3.8, 4) is 17.0 Å². The largest absolute Gasteiger partial charge is 0.494 e. The summed E-state index contributed by atoms with van der Waals surface area (Å²) in [5.41, 5.74) is 5.28. The minimum Gasteiger partial charge on any atom is -0.494 e. The Morgan fingerprint density at radius 3 is 2.41 bits per heavy atom. The first-order valence-corrected chi connectivity index (χ1v) is 14.1. The van der Waals surface area contributed by atoms with Crippen molar-refractivity contribution in [1.29, 1.82) is 0 Å². The standard InChI is InChI=1S/C32H39N5O4/c1-6-36-29(35-37(31(36)40)20-22-11-14-25(15-12-22)32(3,4)5)10-8-9-26-19-27(34-21-33-26)23-13-16-28(41-7-2)24(17-23)18-30(38)39/h11-17,19,21H,6-10,18,20H2,1-5H3,(H,38,39). The molecule has 0 aliphatic rings. The van der Waals surface area contributed by atoms with Crippen LogP contribution < -0.4 is 10.4 Å². The third kappa shape index (κ3) is 7.48. The average Bonchev–Trinajstić information content (AvgIpc) is 3.23. The molecule has 216 valence electrons. The van der Waals surface area contributed by atoms with Crippen molar-refractivity contribution in [3.63, 3.8) is 0 Å². The zero-order valence-electron chi connectivity index (χ0n) is 24.6. The Morgan fingerprint density at radius 2 is 1.76 bits per heavy atom. The molecule has 0 spiro atoms. The summed E-state index contributed by atoms with van der Waals surface area (Å²) in [6, 6.07) is 15.8. The second-order valence-corrected chi connectivity index (χ2v) is 11.1.